The van der Waals surface area contributed by atoms with E-state index in [2.05, 4.69) is 41.3 Å². The highest BCUT2D eigenvalue weighted by Crippen LogP contribution is 2.10. The van der Waals surface area contributed by atoms with Gasteiger partial charge >= 0.3 is 6.03 Å². The number of imide groups is 1. The Hall–Kier alpha value is -1.40. The van der Waals surface area contributed by atoms with Gasteiger partial charge in [0, 0.05) is 25.2 Å². The Bertz CT molecular complexity index is 352. The summed E-state index contributed by atoms with van der Waals surface area (Å²) >= 11 is 0. The van der Waals surface area contributed by atoms with E-state index in [1.165, 1.54) is 12.8 Å². The van der Waals surface area contributed by atoms with Crippen LogP contribution in [0, 0.1) is 0 Å². The van der Waals surface area contributed by atoms with Crippen LogP contribution in [-0.4, -0.2) is 55.1 Å². The molecule has 0 saturated carbocycles. The lowest BCUT2D eigenvalue weighted by Crippen LogP contribution is -2.50. The third-order valence-corrected chi connectivity index (χ3v) is 3.60. The molecule has 0 aromatic rings. The van der Waals surface area contributed by atoms with Crippen LogP contribution in [0.1, 0.15) is 33.1 Å². The molecule has 1 atom stereocenters. The highest BCUT2D eigenvalue weighted by molar-refractivity contribution is 5.95. The molecule has 6 nitrogen and oxygen atoms in total. The molecule has 1 aliphatic heterocycles. The smallest absolute Gasteiger partial charge is 0.321 e. The van der Waals surface area contributed by atoms with Crippen molar-refractivity contribution in [3.05, 3.63) is 12.7 Å². The summed E-state index contributed by atoms with van der Waals surface area (Å²) in [4.78, 5) is 25.4. The Balaban J connectivity index is 2.39. The average Bonchev–Trinajstić information content (AvgIpc) is 2.45. The van der Waals surface area contributed by atoms with E-state index in [4.69, 9.17) is 0 Å². The van der Waals surface area contributed by atoms with Gasteiger partial charge in [-0.25, -0.2) is 4.79 Å². The van der Waals surface area contributed by atoms with Gasteiger partial charge in [0.1, 0.15) is 0 Å². The van der Waals surface area contributed by atoms with Gasteiger partial charge in [0.2, 0.25) is 5.91 Å². The summed E-state index contributed by atoms with van der Waals surface area (Å²) in [6, 6.07) is 0.221. The second-order valence-electron chi connectivity index (χ2n) is 5.72. The first-order valence-electron chi connectivity index (χ1n) is 7.69. The molecule has 3 amide bonds. The number of carbonyl (C=O) groups is 2. The molecule has 0 aliphatic carbocycles. The number of nitrogens with zero attached hydrogens (tertiary/aromatic N) is 1. The first-order valence-corrected chi connectivity index (χ1v) is 7.69. The normalized spacial score (nSPS) is 18.6. The molecular weight excluding hydrogens is 268 g/mol. The molecule has 3 N–H and O–H groups in total. The van der Waals surface area contributed by atoms with Gasteiger partial charge in [0.25, 0.3) is 0 Å². The van der Waals surface area contributed by atoms with Crippen molar-refractivity contribution in [3.63, 3.8) is 0 Å². The number of hydrogen-bond acceptors (Lipinski definition) is 4. The van der Waals surface area contributed by atoms with Crippen molar-refractivity contribution in [1.82, 2.24) is 20.9 Å². The van der Waals surface area contributed by atoms with Gasteiger partial charge in [-0.15, -0.1) is 6.58 Å². The topological polar surface area (TPSA) is 73.5 Å². The predicted molar refractivity (Wildman–Crippen MR) is 84.1 cm³/mol. The molecule has 1 heterocycles. The van der Waals surface area contributed by atoms with Crippen LogP contribution in [0.2, 0.25) is 0 Å². The Morgan fingerprint density at radius 2 is 2.19 bits per heavy atom. The fourth-order valence-corrected chi connectivity index (χ4v) is 2.38. The van der Waals surface area contributed by atoms with Crippen LogP contribution < -0.4 is 16.0 Å². The van der Waals surface area contributed by atoms with Crippen molar-refractivity contribution in [3.8, 4) is 0 Å². The molecule has 0 aromatic heterocycles. The maximum absolute atomic E-state index is 11.9. The number of hydrogen-bond donors (Lipinski definition) is 3. The van der Waals surface area contributed by atoms with Gasteiger partial charge in [-0.3, -0.25) is 15.0 Å². The summed E-state index contributed by atoms with van der Waals surface area (Å²) in [5, 5.41) is 8.35. The summed E-state index contributed by atoms with van der Waals surface area (Å²) in [5.74, 6) is -0.277. The summed E-state index contributed by atoms with van der Waals surface area (Å²) in [6.45, 7) is 10.1. The quantitative estimate of drug-likeness (QED) is 0.609. The zero-order valence-electron chi connectivity index (χ0n) is 13.2. The van der Waals surface area contributed by atoms with Crippen LogP contribution >= 0.6 is 0 Å². The summed E-state index contributed by atoms with van der Waals surface area (Å²) in [6.07, 6.45) is 5.17. The zero-order chi connectivity index (χ0) is 15.7. The van der Waals surface area contributed by atoms with E-state index in [0.717, 1.165) is 19.5 Å². The Kier molecular flexibility index (Phi) is 8.00. The van der Waals surface area contributed by atoms with Gasteiger partial charge in [0.15, 0.2) is 0 Å². The van der Waals surface area contributed by atoms with Gasteiger partial charge in [-0.2, -0.15) is 0 Å². The van der Waals surface area contributed by atoms with Crippen LogP contribution in [0.3, 0.4) is 0 Å². The van der Waals surface area contributed by atoms with E-state index in [1.807, 2.05) is 0 Å². The average molecular weight is 296 g/mol. The predicted octanol–water partition coefficient (Wildman–Crippen LogP) is 0.851. The van der Waals surface area contributed by atoms with E-state index < -0.39 is 6.03 Å². The number of piperidine rings is 1. The number of carbonyl (C=O) groups excluding carboxylic acids is 2. The minimum absolute atomic E-state index is 0.233. The van der Waals surface area contributed by atoms with Crippen LogP contribution in [0.15, 0.2) is 12.7 Å². The van der Waals surface area contributed by atoms with Gasteiger partial charge in [-0.05, 0) is 33.2 Å². The van der Waals surface area contributed by atoms with Crippen LogP contribution in [0.25, 0.3) is 0 Å². The molecule has 0 aromatic carbocycles. The second-order valence-corrected chi connectivity index (χ2v) is 5.72. The third-order valence-electron chi connectivity index (χ3n) is 3.60. The van der Waals surface area contributed by atoms with E-state index in [0.29, 0.717) is 12.6 Å². The Morgan fingerprint density at radius 1 is 1.43 bits per heavy atom. The standard InChI is InChI=1S/C15H28N4O2/c1-4-8-17-15(21)18-14(20)11-19(12(2)3)10-13-7-5-6-9-16-13/h4,12-13,16H,1,5-11H2,2-3H3,(H2,17,18,20,21). The maximum Gasteiger partial charge on any atom is 0.321 e. The molecule has 1 fully saturated rings. The molecule has 1 aliphatic rings. The molecule has 0 bridgehead atoms. The molecule has 6 heteroatoms. The third kappa shape index (κ3) is 7.24. The Morgan fingerprint density at radius 3 is 2.76 bits per heavy atom. The van der Waals surface area contributed by atoms with E-state index in [-0.39, 0.29) is 18.5 Å². The van der Waals surface area contributed by atoms with Crippen molar-refractivity contribution in [1.29, 1.82) is 0 Å². The number of nitrogens with one attached hydrogen (secondary N) is 3. The summed E-state index contributed by atoms with van der Waals surface area (Å²) in [7, 11) is 0. The Labute approximate surface area is 127 Å². The minimum atomic E-state index is -0.473. The summed E-state index contributed by atoms with van der Waals surface area (Å²) < 4.78 is 0. The fraction of sp³-hybridized carbons (Fsp3) is 0.733. The molecule has 120 valence electrons. The van der Waals surface area contributed by atoms with E-state index >= 15 is 0 Å². The SMILES string of the molecule is C=CCNC(=O)NC(=O)CN(CC1CCCCN1)C(C)C. The lowest BCUT2D eigenvalue weighted by Gasteiger charge is -2.32. The summed E-state index contributed by atoms with van der Waals surface area (Å²) in [5.41, 5.74) is 0. The molecule has 21 heavy (non-hydrogen) atoms. The highest BCUT2D eigenvalue weighted by Gasteiger charge is 2.21. The van der Waals surface area contributed by atoms with Gasteiger partial charge in [0.05, 0.1) is 6.54 Å². The van der Waals surface area contributed by atoms with Crippen molar-refractivity contribution in [2.45, 2.75) is 45.2 Å². The fourth-order valence-electron chi connectivity index (χ4n) is 2.38. The van der Waals surface area contributed by atoms with Crippen molar-refractivity contribution >= 4 is 11.9 Å². The number of amides is 3. The first kappa shape index (κ1) is 17.7. The molecule has 1 rings (SSSR count). The van der Waals surface area contributed by atoms with Gasteiger partial charge in [-0.1, -0.05) is 12.5 Å². The molecule has 1 unspecified atom stereocenters. The largest absolute Gasteiger partial charge is 0.334 e. The molecule has 0 radical (unpaired) electrons. The van der Waals surface area contributed by atoms with E-state index in [1.54, 1.807) is 6.08 Å². The van der Waals surface area contributed by atoms with Crippen molar-refractivity contribution in [2.75, 3.05) is 26.2 Å². The highest BCUT2D eigenvalue weighted by atomic mass is 16.2. The monoisotopic (exact) mass is 296 g/mol. The van der Waals surface area contributed by atoms with E-state index in [9.17, 15) is 9.59 Å². The number of rotatable bonds is 7. The molecular formula is C15H28N4O2. The van der Waals surface area contributed by atoms with Crippen LogP contribution in [-0.2, 0) is 4.79 Å². The minimum Gasteiger partial charge on any atom is -0.334 e. The van der Waals surface area contributed by atoms with Gasteiger partial charge < -0.3 is 10.6 Å². The lowest BCUT2D eigenvalue weighted by atomic mass is 10.0. The van der Waals surface area contributed by atoms with Crippen LogP contribution in [0.5, 0.6) is 0 Å². The molecule has 0 spiro atoms. The lowest BCUT2D eigenvalue weighted by molar-refractivity contribution is -0.121. The first-order chi connectivity index (χ1) is 10.0. The number of urea groups is 1. The second kappa shape index (κ2) is 9.52. The zero-order valence-corrected chi connectivity index (χ0v) is 13.2. The van der Waals surface area contributed by atoms with Crippen molar-refractivity contribution in [2.24, 2.45) is 0 Å². The van der Waals surface area contributed by atoms with Crippen LogP contribution in [0.4, 0.5) is 4.79 Å². The maximum atomic E-state index is 11.9. The van der Waals surface area contributed by atoms with Crippen molar-refractivity contribution < 1.29 is 9.59 Å². The molecule has 1 saturated heterocycles.